The third kappa shape index (κ3) is 2.68. The van der Waals surface area contributed by atoms with Crippen LogP contribution in [0.5, 0.6) is 0 Å². The number of ether oxygens (including phenoxy) is 2. The van der Waals surface area contributed by atoms with Crippen LogP contribution in [-0.2, 0) is 28.7 Å². The van der Waals surface area contributed by atoms with Crippen molar-refractivity contribution in [1.29, 1.82) is 0 Å². The molecule has 0 spiro atoms. The van der Waals surface area contributed by atoms with Crippen molar-refractivity contribution in [2.24, 2.45) is 11.8 Å². The van der Waals surface area contributed by atoms with Crippen molar-refractivity contribution in [3.63, 3.8) is 0 Å². The molecule has 1 fully saturated rings. The van der Waals surface area contributed by atoms with E-state index in [-0.39, 0.29) is 17.8 Å². The Labute approximate surface area is 142 Å². The molecule has 0 saturated carbocycles. The van der Waals surface area contributed by atoms with E-state index in [2.05, 4.69) is 11.3 Å². The van der Waals surface area contributed by atoms with Gasteiger partial charge in [-0.2, -0.15) is 0 Å². The second-order valence-corrected chi connectivity index (χ2v) is 6.33. The molecule has 1 saturated heterocycles. The number of ketones is 1. The van der Waals surface area contributed by atoms with Gasteiger partial charge < -0.3 is 19.7 Å². The van der Waals surface area contributed by atoms with Crippen LogP contribution >= 0.6 is 0 Å². The summed E-state index contributed by atoms with van der Waals surface area (Å²) in [6, 6.07) is 0. The van der Waals surface area contributed by atoms with Crippen LogP contribution in [0.3, 0.4) is 0 Å². The van der Waals surface area contributed by atoms with E-state index in [1.807, 2.05) is 0 Å². The highest BCUT2D eigenvalue weighted by molar-refractivity contribution is 6.28. The summed E-state index contributed by atoms with van der Waals surface area (Å²) in [6.45, 7) is 4.96. The standard InChI is InChI=1S/C17H16O8/c1-6-3-9(18)12-7(2)16(22)25-14(12)13-8(4-10(19)11(6)13)5-24-17(23)15(20)21/h4,9,12-14,18H,2-3,5H2,1H3,(H,20,21). The maximum atomic E-state index is 12.4. The lowest BCUT2D eigenvalue weighted by molar-refractivity contribution is -0.163. The van der Waals surface area contributed by atoms with Crippen molar-refractivity contribution in [1.82, 2.24) is 0 Å². The van der Waals surface area contributed by atoms with E-state index < -0.39 is 48.6 Å². The fourth-order valence-corrected chi connectivity index (χ4v) is 3.75. The van der Waals surface area contributed by atoms with E-state index >= 15 is 0 Å². The van der Waals surface area contributed by atoms with Crippen LogP contribution in [0.4, 0.5) is 0 Å². The Morgan fingerprint density at radius 2 is 2.08 bits per heavy atom. The Morgan fingerprint density at radius 3 is 2.72 bits per heavy atom. The predicted octanol–water partition coefficient (Wildman–Crippen LogP) is -0.0816. The van der Waals surface area contributed by atoms with Crippen molar-refractivity contribution in [3.05, 3.63) is 34.9 Å². The van der Waals surface area contributed by atoms with Crippen LogP contribution in [0.1, 0.15) is 13.3 Å². The van der Waals surface area contributed by atoms with Crippen molar-refractivity contribution < 1.29 is 38.9 Å². The lowest BCUT2D eigenvalue weighted by Gasteiger charge is -2.26. The van der Waals surface area contributed by atoms with Gasteiger partial charge in [0.2, 0.25) is 0 Å². The first-order chi connectivity index (χ1) is 11.7. The third-order valence-electron chi connectivity index (χ3n) is 4.82. The van der Waals surface area contributed by atoms with Gasteiger partial charge in [0, 0.05) is 11.1 Å². The zero-order valence-electron chi connectivity index (χ0n) is 13.4. The SMILES string of the molecule is C=C1C(=O)OC2C3C(COC(=O)C(=O)O)=CC(=O)C3=C(C)CC(O)C12. The zero-order valence-corrected chi connectivity index (χ0v) is 13.4. The first-order valence-corrected chi connectivity index (χ1v) is 7.64. The van der Waals surface area contributed by atoms with Gasteiger partial charge in [-0.3, -0.25) is 4.79 Å². The van der Waals surface area contributed by atoms with Gasteiger partial charge in [-0.1, -0.05) is 12.2 Å². The van der Waals surface area contributed by atoms with E-state index in [1.165, 1.54) is 6.08 Å². The molecule has 1 aliphatic heterocycles. The number of carboxylic acids is 1. The molecule has 3 aliphatic rings. The third-order valence-corrected chi connectivity index (χ3v) is 4.82. The van der Waals surface area contributed by atoms with Gasteiger partial charge >= 0.3 is 17.9 Å². The van der Waals surface area contributed by atoms with Crippen molar-refractivity contribution >= 4 is 23.7 Å². The van der Waals surface area contributed by atoms with Gasteiger partial charge in [0.1, 0.15) is 12.7 Å². The number of carbonyl (C=O) groups excluding carboxylic acids is 3. The molecule has 0 aromatic rings. The van der Waals surface area contributed by atoms with Gasteiger partial charge in [-0.05, 0) is 25.0 Å². The molecular formula is C17H16O8. The van der Waals surface area contributed by atoms with Gasteiger partial charge in [-0.25, -0.2) is 14.4 Å². The number of aliphatic hydroxyl groups is 1. The molecule has 2 N–H and O–H groups in total. The number of aliphatic hydroxyl groups excluding tert-OH is 1. The lowest BCUT2D eigenvalue weighted by Crippen LogP contribution is -2.34. The number of hydrogen-bond acceptors (Lipinski definition) is 7. The maximum absolute atomic E-state index is 12.4. The Kier molecular flexibility index (Phi) is 4.08. The van der Waals surface area contributed by atoms with Gasteiger partial charge in [0.05, 0.1) is 17.9 Å². The number of aliphatic carboxylic acids is 1. The molecule has 25 heavy (non-hydrogen) atoms. The average Bonchev–Trinajstić information content (AvgIpc) is 2.97. The van der Waals surface area contributed by atoms with Crippen LogP contribution in [0, 0.1) is 11.8 Å². The molecule has 8 heteroatoms. The van der Waals surface area contributed by atoms with Crippen LogP contribution in [0.25, 0.3) is 0 Å². The van der Waals surface area contributed by atoms with E-state index in [0.29, 0.717) is 16.7 Å². The fourth-order valence-electron chi connectivity index (χ4n) is 3.75. The summed E-state index contributed by atoms with van der Waals surface area (Å²) in [7, 11) is 0. The van der Waals surface area contributed by atoms with E-state index in [9.17, 15) is 24.3 Å². The van der Waals surface area contributed by atoms with E-state index in [0.717, 1.165) is 0 Å². The molecule has 0 radical (unpaired) electrons. The molecule has 4 atom stereocenters. The molecule has 8 nitrogen and oxygen atoms in total. The van der Waals surface area contributed by atoms with E-state index in [4.69, 9.17) is 9.84 Å². The second kappa shape index (κ2) is 5.96. The molecule has 2 aliphatic carbocycles. The summed E-state index contributed by atoms with van der Waals surface area (Å²) in [5, 5.41) is 19.0. The molecule has 3 rings (SSSR count). The van der Waals surface area contributed by atoms with Crippen molar-refractivity contribution in [3.8, 4) is 0 Å². The number of rotatable bonds is 2. The minimum atomic E-state index is -1.74. The molecule has 1 heterocycles. The topological polar surface area (TPSA) is 127 Å². The normalized spacial score (nSPS) is 31.1. The number of carboxylic acid groups (broad SMARTS) is 1. The maximum Gasteiger partial charge on any atom is 0.417 e. The molecule has 0 bridgehead atoms. The summed E-state index contributed by atoms with van der Waals surface area (Å²) in [4.78, 5) is 46.0. The predicted molar refractivity (Wildman–Crippen MR) is 81.0 cm³/mol. The minimum Gasteiger partial charge on any atom is -0.473 e. The Morgan fingerprint density at radius 1 is 1.40 bits per heavy atom. The largest absolute Gasteiger partial charge is 0.473 e. The molecule has 132 valence electrons. The number of allylic oxidation sites excluding steroid dienone is 1. The highest BCUT2D eigenvalue weighted by Crippen LogP contribution is 2.47. The number of fused-ring (bicyclic) bond motifs is 3. The minimum absolute atomic E-state index is 0.132. The smallest absolute Gasteiger partial charge is 0.417 e. The average molecular weight is 348 g/mol. The number of carbonyl (C=O) groups is 4. The summed E-state index contributed by atoms with van der Waals surface area (Å²) < 4.78 is 10.0. The summed E-state index contributed by atoms with van der Waals surface area (Å²) in [5.41, 5.74) is 1.50. The Balaban J connectivity index is 1.96. The monoisotopic (exact) mass is 348 g/mol. The number of hydrogen-bond donors (Lipinski definition) is 2. The summed E-state index contributed by atoms with van der Waals surface area (Å²) in [5.74, 6) is -5.54. The molecular weight excluding hydrogens is 332 g/mol. The Hall–Kier alpha value is -2.74. The van der Waals surface area contributed by atoms with Gasteiger partial charge in [-0.15, -0.1) is 0 Å². The summed E-state index contributed by atoms with van der Waals surface area (Å²) in [6.07, 6.45) is -0.325. The first-order valence-electron chi connectivity index (χ1n) is 7.64. The molecule has 0 aromatic heterocycles. The first kappa shape index (κ1) is 17.1. The van der Waals surface area contributed by atoms with Gasteiger partial charge in [0.15, 0.2) is 5.78 Å². The summed E-state index contributed by atoms with van der Waals surface area (Å²) >= 11 is 0. The zero-order chi connectivity index (χ0) is 18.5. The van der Waals surface area contributed by atoms with Crippen LogP contribution in [-0.4, -0.2) is 52.7 Å². The Bertz CT molecular complexity index is 772. The van der Waals surface area contributed by atoms with Gasteiger partial charge in [0.25, 0.3) is 0 Å². The van der Waals surface area contributed by atoms with Crippen molar-refractivity contribution in [2.75, 3.05) is 6.61 Å². The lowest BCUT2D eigenvalue weighted by atomic mass is 9.82. The van der Waals surface area contributed by atoms with Crippen LogP contribution < -0.4 is 0 Å². The van der Waals surface area contributed by atoms with Crippen molar-refractivity contribution in [2.45, 2.75) is 25.6 Å². The second-order valence-electron chi connectivity index (χ2n) is 6.33. The highest BCUT2D eigenvalue weighted by Gasteiger charge is 2.53. The molecule has 0 amide bonds. The number of esters is 2. The van der Waals surface area contributed by atoms with Crippen LogP contribution in [0.2, 0.25) is 0 Å². The highest BCUT2D eigenvalue weighted by atomic mass is 16.6. The molecule has 4 unspecified atom stereocenters. The fraction of sp³-hybridized carbons (Fsp3) is 0.412. The van der Waals surface area contributed by atoms with Crippen LogP contribution in [0.15, 0.2) is 34.9 Å². The molecule has 0 aromatic carbocycles. The quantitative estimate of drug-likeness (QED) is 0.403. The van der Waals surface area contributed by atoms with E-state index in [1.54, 1.807) is 6.92 Å².